The lowest BCUT2D eigenvalue weighted by molar-refractivity contribution is -0.117. The number of phenolic OH excluding ortho intramolecular Hbond substituents is 1. The van der Waals surface area contributed by atoms with Gasteiger partial charge in [-0.3, -0.25) is 4.79 Å². The Morgan fingerprint density at radius 3 is 2.67 bits per heavy atom. The first-order valence-electron chi connectivity index (χ1n) is 6.47. The maximum atomic E-state index is 14.7. The van der Waals surface area contributed by atoms with E-state index in [1.165, 1.54) is 6.07 Å². The van der Waals surface area contributed by atoms with E-state index in [4.69, 9.17) is 0 Å². The molecule has 2 heterocycles. The summed E-state index contributed by atoms with van der Waals surface area (Å²) in [6.45, 7) is 0.690. The first-order valence-corrected chi connectivity index (χ1v) is 7.91. The van der Waals surface area contributed by atoms with Gasteiger partial charge in [0.15, 0.2) is 5.82 Å². The van der Waals surface area contributed by atoms with Gasteiger partial charge in [-0.05, 0) is 43.1 Å². The number of rotatable bonds is 1. The molecule has 7 nitrogen and oxygen atoms in total. The Bertz CT molecular complexity index is 720. The largest absolute Gasteiger partial charge is 0.506 e. The number of nitrogens with zero attached hydrogens (tertiary/aromatic N) is 1. The van der Waals surface area contributed by atoms with Crippen molar-refractivity contribution in [3.8, 4) is 5.75 Å². The van der Waals surface area contributed by atoms with Gasteiger partial charge in [0.05, 0.1) is 0 Å². The van der Waals surface area contributed by atoms with Crippen LogP contribution >= 0.6 is 0 Å². The van der Waals surface area contributed by atoms with Crippen molar-refractivity contribution < 1.29 is 22.7 Å². The quantitative estimate of drug-likeness (QED) is 0.643. The number of amides is 1. The summed E-state index contributed by atoms with van der Waals surface area (Å²) in [4.78, 5) is 11.3. The number of phenols is 1. The third-order valence-electron chi connectivity index (χ3n) is 3.61. The summed E-state index contributed by atoms with van der Waals surface area (Å²) in [7, 11) is -4.15. The fourth-order valence-electron chi connectivity index (χ4n) is 2.65. The van der Waals surface area contributed by atoms with E-state index in [0.29, 0.717) is 41.4 Å². The number of hydrogen-bond donors (Lipinski definition) is 3. The molecule has 0 aromatic heterocycles. The van der Waals surface area contributed by atoms with Crippen LogP contribution in [-0.2, 0) is 27.8 Å². The maximum absolute atomic E-state index is 14.7. The van der Waals surface area contributed by atoms with Gasteiger partial charge in [-0.25, -0.2) is 13.4 Å². The van der Waals surface area contributed by atoms with Crippen LogP contribution in [0.4, 0.5) is 10.1 Å². The molecule has 0 bridgehead atoms. The molecule has 3 N–H and O–H groups in total. The van der Waals surface area contributed by atoms with Crippen molar-refractivity contribution >= 4 is 21.8 Å². The second kappa shape index (κ2) is 4.85. The molecule has 0 saturated carbocycles. The third-order valence-corrected chi connectivity index (χ3v) is 4.98. The molecule has 1 saturated heterocycles. The lowest BCUT2D eigenvalue weighted by Gasteiger charge is -2.20. The van der Waals surface area contributed by atoms with Crippen molar-refractivity contribution in [2.75, 3.05) is 23.9 Å². The van der Waals surface area contributed by atoms with Gasteiger partial charge in [0.25, 0.3) is 5.91 Å². The molecule has 21 heavy (non-hydrogen) atoms. The number of aromatic hydroxyl groups is 1. The summed E-state index contributed by atoms with van der Waals surface area (Å²) >= 11 is 0. The fourth-order valence-corrected chi connectivity index (χ4v) is 3.82. The van der Waals surface area contributed by atoms with Crippen molar-refractivity contribution in [1.82, 2.24) is 10.0 Å². The predicted molar refractivity (Wildman–Crippen MR) is 72.8 cm³/mol. The molecule has 3 rings (SSSR count). The summed E-state index contributed by atoms with van der Waals surface area (Å²) in [5.74, 6) is -2.02. The van der Waals surface area contributed by atoms with Gasteiger partial charge in [-0.2, -0.15) is 8.42 Å². The van der Waals surface area contributed by atoms with Crippen molar-refractivity contribution in [3.63, 3.8) is 0 Å². The number of halogens is 1. The molecule has 0 unspecified atom stereocenters. The van der Waals surface area contributed by atoms with Gasteiger partial charge in [0.1, 0.15) is 18.0 Å². The van der Waals surface area contributed by atoms with E-state index in [1.807, 2.05) is 0 Å². The summed E-state index contributed by atoms with van der Waals surface area (Å²) in [5.41, 5.74) is 0.561. The highest BCUT2D eigenvalue weighted by Gasteiger charge is 2.38. The highest BCUT2D eigenvalue weighted by molar-refractivity contribution is 7.92. The second-order valence-electron chi connectivity index (χ2n) is 4.98. The fraction of sp³-hybridized carbons (Fsp3) is 0.417. The molecule has 0 radical (unpaired) electrons. The van der Waals surface area contributed by atoms with E-state index in [2.05, 4.69) is 5.32 Å². The zero-order chi connectivity index (χ0) is 15.2. The zero-order valence-electron chi connectivity index (χ0n) is 11.0. The van der Waals surface area contributed by atoms with Crippen LogP contribution in [0.1, 0.15) is 11.1 Å². The first kappa shape index (κ1) is 14.1. The molecule has 2 aliphatic heterocycles. The van der Waals surface area contributed by atoms with Gasteiger partial charge in [-0.15, -0.1) is 0 Å². The van der Waals surface area contributed by atoms with Crippen LogP contribution in [0, 0.1) is 5.82 Å². The molecule has 0 spiro atoms. The summed E-state index contributed by atoms with van der Waals surface area (Å²) < 4.78 is 40.6. The van der Waals surface area contributed by atoms with Crippen LogP contribution in [0.5, 0.6) is 5.75 Å². The number of fused-ring (bicyclic) bond motifs is 1. The predicted octanol–water partition coefficient (Wildman–Crippen LogP) is -0.599. The normalized spacial score (nSPS) is 20.8. The first-order chi connectivity index (χ1) is 9.90. The van der Waals surface area contributed by atoms with E-state index in [-0.39, 0.29) is 0 Å². The second-order valence-corrected chi connectivity index (χ2v) is 6.58. The van der Waals surface area contributed by atoms with E-state index in [1.54, 1.807) is 4.72 Å². The Balaban J connectivity index is 2.16. The average Bonchev–Trinajstić information content (AvgIpc) is 2.57. The van der Waals surface area contributed by atoms with Crippen LogP contribution < -0.4 is 14.3 Å². The lowest BCUT2D eigenvalue weighted by Crippen LogP contribution is -2.30. The number of hydrogen-bond acceptors (Lipinski definition) is 5. The smallest absolute Gasteiger partial charge is 0.326 e. The Kier molecular flexibility index (Phi) is 3.25. The Labute approximate surface area is 120 Å². The summed E-state index contributed by atoms with van der Waals surface area (Å²) in [6.07, 6.45) is 0.938. The molecule has 1 fully saturated rings. The molecule has 0 aliphatic carbocycles. The van der Waals surface area contributed by atoms with Crippen LogP contribution in [0.15, 0.2) is 6.07 Å². The molecule has 114 valence electrons. The Morgan fingerprint density at radius 2 is 2.00 bits per heavy atom. The highest BCUT2D eigenvalue weighted by atomic mass is 32.2. The number of carbonyl (C=O) groups is 1. The SMILES string of the molecule is O=C1CN(c2c(O)cc3c(c2F)CCNCC3)S(=O)(=O)N1. The van der Waals surface area contributed by atoms with Gasteiger partial charge < -0.3 is 10.4 Å². The van der Waals surface area contributed by atoms with Gasteiger partial charge in [-0.1, -0.05) is 0 Å². The molecular weight excluding hydrogens is 301 g/mol. The van der Waals surface area contributed by atoms with E-state index < -0.39 is 39.9 Å². The summed E-state index contributed by atoms with van der Waals surface area (Å²) in [5, 5.41) is 13.1. The van der Waals surface area contributed by atoms with Crippen LogP contribution in [0.2, 0.25) is 0 Å². The molecule has 9 heteroatoms. The van der Waals surface area contributed by atoms with E-state index in [0.717, 1.165) is 0 Å². The van der Waals surface area contributed by atoms with E-state index >= 15 is 0 Å². The minimum Gasteiger partial charge on any atom is -0.506 e. The number of nitrogens with one attached hydrogen (secondary N) is 2. The average molecular weight is 315 g/mol. The lowest BCUT2D eigenvalue weighted by atomic mass is 10.0. The minimum atomic E-state index is -4.15. The molecule has 1 aromatic carbocycles. The molecule has 2 aliphatic rings. The molecular formula is C12H14FN3O4S. The van der Waals surface area contributed by atoms with E-state index in [9.17, 15) is 22.7 Å². The molecule has 1 aromatic rings. The van der Waals surface area contributed by atoms with Crippen LogP contribution in [0.3, 0.4) is 0 Å². The molecule has 0 atom stereocenters. The van der Waals surface area contributed by atoms with Gasteiger partial charge in [0, 0.05) is 0 Å². The van der Waals surface area contributed by atoms with Gasteiger partial charge in [0.2, 0.25) is 0 Å². The maximum Gasteiger partial charge on any atom is 0.326 e. The van der Waals surface area contributed by atoms with Crippen molar-refractivity contribution in [2.24, 2.45) is 0 Å². The standard InChI is InChI=1S/C12H14FN3O4S/c13-11-8-2-4-14-3-1-7(8)5-9(17)12(11)16-6-10(18)15-21(16,19)20/h5,14,17H,1-4,6H2,(H,15,18). The monoisotopic (exact) mass is 315 g/mol. The van der Waals surface area contributed by atoms with Crippen molar-refractivity contribution in [3.05, 3.63) is 23.0 Å². The van der Waals surface area contributed by atoms with Gasteiger partial charge >= 0.3 is 10.2 Å². The van der Waals surface area contributed by atoms with Crippen LogP contribution in [0.25, 0.3) is 0 Å². The minimum absolute atomic E-state index is 0.377. The van der Waals surface area contributed by atoms with Crippen LogP contribution in [-0.4, -0.2) is 39.1 Å². The summed E-state index contributed by atoms with van der Waals surface area (Å²) in [6, 6.07) is 1.37. The Morgan fingerprint density at radius 1 is 1.29 bits per heavy atom. The number of anilines is 1. The zero-order valence-corrected chi connectivity index (χ0v) is 11.8. The topological polar surface area (TPSA) is 98.7 Å². The van der Waals surface area contributed by atoms with Crippen molar-refractivity contribution in [2.45, 2.75) is 12.8 Å². The highest BCUT2D eigenvalue weighted by Crippen LogP contribution is 2.37. The van der Waals surface area contributed by atoms with Crippen molar-refractivity contribution in [1.29, 1.82) is 0 Å². The molecule has 1 amide bonds. The number of benzene rings is 1. The number of carbonyl (C=O) groups excluding carboxylic acids is 1. The Hall–Kier alpha value is -1.87. The third kappa shape index (κ3) is 2.32.